The zero-order valence-corrected chi connectivity index (χ0v) is 23.7. The van der Waals surface area contributed by atoms with Gasteiger partial charge in [-0.3, -0.25) is 34.3 Å². The van der Waals surface area contributed by atoms with E-state index in [4.69, 9.17) is 0 Å². The van der Waals surface area contributed by atoms with Crippen LogP contribution < -0.4 is 16.0 Å². The van der Waals surface area contributed by atoms with Gasteiger partial charge in [0.1, 0.15) is 5.92 Å². The highest BCUT2D eigenvalue weighted by molar-refractivity contribution is 6.16. The van der Waals surface area contributed by atoms with Gasteiger partial charge in [0.2, 0.25) is 23.6 Å². The SMILES string of the molecule is CC(C)[C@H](NC(=O)CC(NC(=O)/C=C/c1ccc(-c2ccccc2)cc1)c1cccnc1)C(=O)[C@@H]1C(=O)NC(=O)[C@H]1C. The molecule has 1 aliphatic heterocycles. The van der Waals surface area contributed by atoms with E-state index in [-0.39, 0.29) is 12.3 Å². The molecule has 9 heteroatoms. The van der Waals surface area contributed by atoms with Crippen LogP contribution in [0.1, 0.15) is 44.4 Å². The fourth-order valence-corrected chi connectivity index (χ4v) is 4.89. The van der Waals surface area contributed by atoms with Crippen molar-refractivity contribution in [3.8, 4) is 11.1 Å². The molecule has 1 saturated heterocycles. The van der Waals surface area contributed by atoms with Gasteiger partial charge >= 0.3 is 0 Å². The van der Waals surface area contributed by atoms with Gasteiger partial charge in [0.25, 0.3) is 0 Å². The van der Waals surface area contributed by atoms with Gasteiger partial charge < -0.3 is 10.6 Å². The number of rotatable bonds is 11. The van der Waals surface area contributed by atoms with E-state index >= 15 is 0 Å². The van der Waals surface area contributed by atoms with Crippen LogP contribution in [-0.2, 0) is 24.0 Å². The standard InChI is InChI=1S/C33H34N4O5/c1-20(2)30(31(40)29-21(3)32(41)37-33(29)42)36-28(39)18-26(25-10-7-17-34-19-25)35-27(38)16-13-22-11-14-24(15-12-22)23-8-5-4-6-9-23/h4-17,19-21,26,29-30H,18H2,1-3H3,(H,35,38)(H,36,39)(H,37,41,42)/b16-13+/t21-,26?,29+,30-/m0/s1. The second-order valence-electron chi connectivity index (χ2n) is 10.7. The molecule has 0 bridgehead atoms. The Labute approximate surface area is 244 Å². The summed E-state index contributed by atoms with van der Waals surface area (Å²) in [6, 6.07) is 19.5. The van der Waals surface area contributed by atoms with E-state index in [1.807, 2.05) is 54.6 Å². The van der Waals surface area contributed by atoms with Crippen molar-refractivity contribution in [2.75, 3.05) is 0 Å². The topological polar surface area (TPSA) is 134 Å². The van der Waals surface area contributed by atoms with Crippen molar-refractivity contribution in [1.29, 1.82) is 0 Å². The summed E-state index contributed by atoms with van der Waals surface area (Å²) in [5, 5.41) is 7.77. The normalized spacial score (nSPS) is 18.0. The minimum atomic E-state index is -1.16. The number of imide groups is 1. The van der Waals surface area contributed by atoms with Crippen molar-refractivity contribution in [3.05, 3.63) is 96.3 Å². The lowest BCUT2D eigenvalue weighted by molar-refractivity contribution is -0.137. The molecule has 2 aromatic carbocycles. The Bertz CT molecular complexity index is 1470. The highest BCUT2D eigenvalue weighted by atomic mass is 16.2. The van der Waals surface area contributed by atoms with Crippen molar-refractivity contribution in [2.24, 2.45) is 17.8 Å². The molecule has 4 atom stereocenters. The second-order valence-corrected chi connectivity index (χ2v) is 10.7. The van der Waals surface area contributed by atoms with E-state index in [2.05, 4.69) is 20.9 Å². The predicted octanol–water partition coefficient (Wildman–Crippen LogP) is 3.63. The lowest BCUT2D eigenvalue weighted by Crippen LogP contribution is -2.49. The first-order valence-electron chi connectivity index (χ1n) is 13.9. The first-order chi connectivity index (χ1) is 20.1. The average molecular weight is 567 g/mol. The van der Waals surface area contributed by atoms with Crippen LogP contribution in [0, 0.1) is 17.8 Å². The van der Waals surface area contributed by atoms with Crippen LogP contribution in [0.25, 0.3) is 17.2 Å². The number of nitrogens with zero attached hydrogens (tertiary/aromatic N) is 1. The largest absolute Gasteiger partial charge is 0.346 e. The fourth-order valence-electron chi connectivity index (χ4n) is 4.89. The zero-order chi connectivity index (χ0) is 30.2. The number of pyridine rings is 1. The number of hydrogen-bond donors (Lipinski definition) is 3. The number of Topliss-reactive ketones (excluding diaryl/α,β-unsaturated/α-hetero) is 1. The van der Waals surface area contributed by atoms with E-state index in [0.29, 0.717) is 5.56 Å². The fraction of sp³-hybridized carbons (Fsp3) is 0.273. The van der Waals surface area contributed by atoms with Crippen LogP contribution >= 0.6 is 0 Å². The molecule has 2 heterocycles. The molecule has 1 unspecified atom stereocenters. The Morgan fingerprint density at radius 3 is 2.19 bits per heavy atom. The van der Waals surface area contributed by atoms with Gasteiger partial charge in [-0.15, -0.1) is 0 Å². The zero-order valence-electron chi connectivity index (χ0n) is 23.7. The molecule has 216 valence electrons. The second kappa shape index (κ2) is 13.6. The van der Waals surface area contributed by atoms with Crippen molar-refractivity contribution in [3.63, 3.8) is 0 Å². The molecule has 1 aromatic heterocycles. The predicted molar refractivity (Wildman–Crippen MR) is 158 cm³/mol. The molecule has 9 nitrogen and oxygen atoms in total. The van der Waals surface area contributed by atoms with Gasteiger partial charge in [-0.1, -0.05) is 81.4 Å². The van der Waals surface area contributed by atoms with E-state index in [1.54, 1.807) is 44.4 Å². The molecule has 0 spiro atoms. The summed E-state index contributed by atoms with van der Waals surface area (Å²) in [4.78, 5) is 67.6. The molecular weight excluding hydrogens is 532 g/mol. The number of benzene rings is 2. The number of amides is 4. The monoisotopic (exact) mass is 566 g/mol. The summed E-state index contributed by atoms with van der Waals surface area (Å²) in [5.41, 5.74) is 3.61. The summed E-state index contributed by atoms with van der Waals surface area (Å²) in [7, 11) is 0. The number of hydrogen-bond acceptors (Lipinski definition) is 6. The Morgan fingerprint density at radius 1 is 0.905 bits per heavy atom. The van der Waals surface area contributed by atoms with E-state index < -0.39 is 53.3 Å². The molecule has 3 N–H and O–H groups in total. The number of ketones is 1. The smallest absolute Gasteiger partial charge is 0.244 e. The maximum absolute atomic E-state index is 13.2. The number of nitrogens with one attached hydrogen (secondary N) is 3. The molecule has 0 radical (unpaired) electrons. The summed E-state index contributed by atoms with van der Waals surface area (Å²) in [6.07, 6.45) is 6.07. The van der Waals surface area contributed by atoms with Gasteiger partial charge in [-0.05, 0) is 40.3 Å². The number of aromatic nitrogens is 1. The quantitative estimate of drug-likeness (QED) is 0.184. The Morgan fingerprint density at radius 2 is 1.60 bits per heavy atom. The minimum absolute atomic E-state index is 0.168. The number of carbonyl (C=O) groups excluding carboxylic acids is 5. The lowest BCUT2D eigenvalue weighted by Gasteiger charge is -2.25. The molecule has 0 saturated carbocycles. The Balaban J connectivity index is 1.43. The van der Waals surface area contributed by atoms with E-state index in [9.17, 15) is 24.0 Å². The maximum atomic E-state index is 13.2. The Kier molecular flexibility index (Phi) is 9.75. The third kappa shape index (κ3) is 7.42. The molecule has 3 aromatic rings. The first-order valence-corrected chi connectivity index (χ1v) is 13.9. The molecule has 1 fully saturated rings. The van der Waals surface area contributed by atoms with Crippen LogP contribution in [0.4, 0.5) is 0 Å². The van der Waals surface area contributed by atoms with Crippen molar-refractivity contribution in [2.45, 2.75) is 39.3 Å². The first kappa shape index (κ1) is 30.0. The highest BCUT2D eigenvalue weighted by Gasteiger charge is 2.46. The minimum Gasteiger partial charge on any atom is -0.346 e. The molecule has 4 rings (SSSR count). The van der Waals surface area contributed by atoms with Gasteiger partial charge in [-0.2, -0.15) is 0 Å². The molecular formula is C33H34N4O5. The maximum Gasteiger partial charge on any atom is 0.244 e. The van der Waals surface area contributed by atoms with E-state index in [0.717, 1.165) is 16.7 Å². The summed E-state index contributed by atoms with van der Waals surface area (Å²) >= 11 is 0. The third-order valence-corrected chi connectivity index (χ3v) is 7.28. The summed E-state index contributed by atoms with van der Waals surface area (Å²) in [5.74, 6) is -4.88. The van der Waals surface area contributed by atoms with Crippen LogP contribution in [-0.4, -0.2) is 40.4 Å². The van der Waals surface area contributed by atoms with Gasteiger partial charge in [0.15, 0.2) is 5.78 Å². The van der Waals surface area contributed by atoms with Crippen LogP contribution in [0.15, 0.2) is 85.2 Å². The molecule has 1 aliphatic rings. The van der Waals surface area contributed by atoms with Crippen molar-refractivity contribution < 1.29 is 24.0 Å². The molecule has 42 heavy (non-hydrogen) atoms. The van der Waals surface area contributed by atoms with Gasteiger partial charge in [0.05, 0.1) is 24.4 Å². The van der Waals surface area contributed by atoms with Gasteiger partial charge in [0, 0.05) is 18.5 Å². The number of carbonyl (C=O) groups is 5. The summed E-state index contributed by atoms with van der Waals surface area (Å²) < 4.78 is 0. The van der Waals surface area contributed by atoms with E-state index in [1.165, 1.54) is 13.0 Å². The Hall–Kier alpha value is -4.92. The van der Waals surface area contributed by atoms with Crippen LogP contribution in [0.2, 0.25) is 0 Å². The van der Waals surface area contributed by atoms with Crippen LogP contribution in [0.5, 0.6) is 0 Å². The highest BCUT2D eigenvalue weighted by Crippen LogP contribution is 2.24. The van der Waals surface area contributed by atoms with Crippen LogP contribution in [0.3, 0.4) is 0 Å². The molecule has 4 amide bonds. The van der Waals surface area contributed by atoms with Gasteiger partial charge in [-0.25, -0.2) is 0 Å². The molecule has 0 aliphatic carbocycles. The average Bonchev–Trinajstić information content (AvgIpc) is 3.25. The third-order valence-electron chi connectivity index (χ3n) is 7.28. The van der Waals surface area contributed by atoms with Crippen molar-refractivity contribution in [1.82, 2.24) is 20.9 Å². The summed E-state index contributed by atoms with van der Waals surface area (Å²) in [6.45, 7) is 5.01. The van der Waals surface area contributed by atoms with Crippen molar-refractivity contribution >= 4 is 35.5 Å². The lowest BCUT2D eigenvalue weighted by atomic mass is 9.85.